The molecule has 7 nitrogen and oxygen atoms in total. The number of benzene rings is 2. The van der Waals surface area contributed by atoms with E-state index >= 15 is 0 Å². The summed E-state index contributed by atoms with van der Waals surface area (Å²) >= 11 is 0. The van der Waals surface area contributed by atoms with Gasteiger partial charge in [-0.25, -0.2) is 4.79 Å². The summed E-state index contributed by atoms with van der Waals surface area (Å²) in [5.41, 5.74) is 0.504. The summed E-state index contributed by atoms with van der Waals surface area (Å²) in [7, 11) is 2.79. The number of esters is 1. The van der Waals surface area contributed by atoms with Crippen LogP contribution in [0.2, 0.25) is 0 Å². The van der Waals surface area contributed by atoms with Gasteiger partial charge in [0.1, 0.15) is 11.8 Å². The molecular formula is C23H24N2O5. The number of carbonyl (C=O) groups excluding carboxylic acids is 2. The third-order valence-electron chi connectivity index (χ3n) is 4.92. The SMILES string of the molecule is COC(=O)[C@H](NC(=O)c1cn(-c2ccccc2OC)c(=O)c2ccccc12)C(C)C. The van der Waals surface area contributed by atoms with Crippen LogP contribution in [0.1, 0.15) is 24.2 Å². The zero-order chi connectivity index (χ0) is 21.8. The molecule has 3 aromatic rings. The van der Waals surface area contributed by atoms with Crippen molar-refractivity contribution in [1.29, 1.82) is 0 Å². The molecule has 2 aromatic carbocycles. The number of hydrogen-bond donors (Lipinski definition) is 1. The van der Waals surface area contributed by atoms with Crippen LogP contribution in [0.3, 0.4) is 0 Å². The minimum Gasteiger partial charge on any atom is -0.495 e. The predicted octanol–water partition coefficient (Wildman–Crippen LogP) is 2.93. The maximum Gasteiger partial charge on any atom is 0.328 e. The zero-order valence-electron chi connectivity index (χ0n) is 17.3. The maximum atomic E-state index is 13.2. The molecule has 0 radical (unpaired) electrons. The molecule has 0 saturated heterocycles. The lowest BCUT2D eigenvalue weighted by molar-refractivity contribution is -0.144. The fourth-order valence-electron chi connectivity index (χ4n) is 3.32. The summed E-state index contributed by atoms with van der Waals surface area (Å²) in [6.07, 6.45) is 1.48. The Morgan fingerprint density at radius 2 is 1.60 bits per heavy atom. The number of pyridine rings is 1. The molecule has 30 heavy (non-hydrogen) atoms. The van der Waals surface area contributed by atoms with Crippen molar-refractivity contribution in [1.82, 2.24) is 9.88 Å². The summed E-state index contributed by atoms with van der Waals surface area (Å²) < 4.78 is 11.6. The molecule has 0 aliphatic rings. The highest BCUT2D eigenvalue weighted by molar-refractivity contribution is 6.07. The topological polar surface area (TPSA) is 86.6 Å². The van der Waals surface area contributed by atoms with E-state index < -0.39 is 17.9 Å². The van der Waals surface area contributed by atoms with Gasteiger partial charge in [0, 0.05) is 17.0 Å². The lowest BCUT2D eigenvalue weighted by Crippen LogP contribution is -2.45. The van der Waals surface area contributed by atoms with Crippen molar-refractivity contribution in [3.05, 3.63) is 70.6 Å². The van der Waals surface area contributed by atoms with E-state index in [-0.39, 0.29) is 17.0 Å². The fourth-order valence-corrected chi connectivity index (χ4v) is 3.32. The number of nitrogens with zero attached hydrogens (tertiary/aromatic N) is 1. The number of ether oxygens (including phenoxy) is 2. The van der Waals surface area contributed by atoms with E-state index in [0.29, 0.717) is 22.2 Å². The first kappa shape index (κ1) is 21.1. The van der Waals surface area contributed by atoms with Gasteiger partial charge >= 0.3 is 5.97 Å². The van der Waals surface area contributed by atoms with Crippen LogP contribution in [0.4, 0.5) is 0 Å². The van der Waals surface area contributed by atoms with Crippen LogP contribution >= 0.6 is 0 Å². The number of amides is 1. The van der Waals surface area contributed by atoms with Gasteiger partial charge in [0.05, 0.1) is 25.5 Å². The van der Waals surface area contributed by atoms with Crippen LogP contribution in [-0.4, -0.2) is 36.7 Å². The van der Waals surface area contributed by atoms with E-state index in [9.17, 15) is 14.4 Å². The third-order valence-corrected chi connectivity index (χ3v) is 4.92. The molecule has 1 amide bonds. The van der Waals surface area contributed by atoms with E-state index in [1.54, 1.807) is 48.5 Å². The number of aromatic nitrogens is 1. The smallest absolute Gasteiger partial charge is 0.328 e. The van der Waals surface area contributed by atoms with Crippen LogP contribution in [-0.2, 0) is 9.53 Å². The van der Waals surface area contributed by atoms with Crippen molar-refractivity contribution in [2.24, 2.45) is 5.92 Å². The molecule has 1 aromatic heterocycles. The molecular weight excluding hydrogens is 384 g/mol. The van der Waals surface area contributed by atoms with Crippen LogP contribution in [0, 0.1) is 5.92 Å². The largest absolute Gasteiger partial charge is 0.495 e. The van der Waals surface area contributed by atoms with Gasteiger partial charge in [0.25, 0.3) is 11.5 Å². The molecule has 3 rings (SSSR count). The summed E-state index contributed by atoms with van der Waals surface area (Å²) in [4.78, 5) is 38.4. The van der Waals surface area contributed by atoms with Gasteiger partial charge < -0.3 is 14.8 Å². The zero-order valence-corrected chi connectivity index (χ0v) is 17.3. The Morgan fingerprint density at radius 3 is 2.23 bits per heavy atom. The van der Waals surface area contributed by atoms with E-state index in [1.807, 2.05) is 13.8 Å². The number of fused-ring (bicyclic) bond motifs is 1. The third kappa shape index (κ3) is 3.91. The van der Waals surface area contributed by atoms with Gasteiger partial charge in [-0.2, -0.15) is 0 Å². The van der Waals surface area contributed by atoms with Crippen molar-refractivity contribution in [2.45, 2.75) is 19.9 Å². The summed E-state index contributed by atoms with van der Waals surface area (Å²) in [6.45, 7) is 3.63. The Balaban J connectivity index is 2.20. The molecule has 0 saturated carbocycles. The van der Waals surface area contributed by atoms with Gasteiger partial charge in [-0.1, -0.05) is 44.2 Å². The van der Waals surface area contributed by atoms with E-state index in [0.717, 1.165) is 0 Å². The number of hydrogen-bond acceptors (Lipinski definition) is 5. The minimum absolute atomic E-state index is 0.173. The molecule has 1 heterocycles. The molecule has 1 N–H and O–H groups in total. The van der Waals surface area contributed by atoms with Crippen LogP contribution in [0.5, 0.6) is 5.75 Å². The second-order valence-corrected chi connectivity index (χ2v) is 7.15. The molecule has 0 unspecified atom stereocenters. The molecule has 1 atom stereocenters. The van der Waals surface area contributed by atoms with Crippen LogP contribution < -0.4 is 15.6 Å². The second kappa shape index (κ2) is 8.82. The highest BCUT2D eigenvalue weighted by Gasteiger charge is 2.27. The van der Waals surface area contributed by atoms with Gasteiger partial charge in [0.2, 0.25) is 0 Å². The van der Waals surface area contributed by atoms with Gasteiger partial charge in [-0.15, -0.1) is 0 Å². The Bertz CT molecular complexity index is 1150. The molecule has 0 aliphatic heterocycles. The monoisotopic (exact) mass is 408 g/mol. The molecule has 0 spiro atoms. The summed E-state index contributed by atoms with van der Waals surface area (Å²) in [5.74, 6) is -0.678. The maximum absolute atomic E-state index is 13.2. The predicted molar refractivity (Wildman–Crippen MR) is 114 cm³/mol. The first-order chi connectivity index (χ1) is 14.4. The molecule has 7 heteroatoms. The van der Waals surface area contributed by atoms with Gasteiger partial charge in [0.15, 0.2) is 0 Å². The summed E-state index contributed by atoms with van der Waals surface area (Å²) in [6, 6.07) is 13.1. The standard InChI is InChI=1S/C23H24N2O5/c1-14(2)20(23(28)30-4)24-21(26)17-13-25(18-11-7-8-12-19(18)29-3)22(27)16-10-6-5-9-15(16)17/h5-14,20H,1-4H3,(H,24,26)/t20-/m1/s1. The summed E-state index contributed by atoms with van der Waals surface area (Å²) in [5, 5.41) is 3.63. The molecule has 156 valence electrons. The number of rotatable bonds is 6. The van der Waals surface area contributed by atoms with Crippen molar-refractivity contribution in [2.75, 3.05) is 14.2 Å². The fraction of sp³-hybridized carbons (Fsp3) is 0.261. The average Bonchev–Trinajstić information content (AvgIpc) is 2.77. The highest BCUT2D eigenvalue weighted by atomic mass is 16.5. The van der Waals surface area contributed by atoms with Gasteiger partial charge in [-0.3, -0.25) is 14.2 Å². The first-order valence-electron chi connectivity index (χ1n) is 9.55. The van der Waals surface area contributed by atoms with Crippen LogP contribution in [0.25, 0.3) is 16.5 Å². The quantitative estimate of drug-likeness (QED) is 0.634. The number of methoxy groups -OCH3 is 2. The average molecular weight is 408 g/mol. The lowest BCUT2D eigenvalue weighted by Gasteiger charge is -2.21. The minimum atomic E-state index is -0.812. The Hall–Kier alpha value is -3.61. The van der Waals surface area contributed by atoms with Crippen molar-refractivity contribution < 1.29 is 19.1 Å². The number of para-hydroxylation sites is 2. The van der Waals surface area contributed by atoms with Crippen LogP contribution in [0.15, 0.2) is 59.5 Å². The normalized spacial score (nSPS) is 11.9. The van der Waals surface area contributed by atoms with E-state index in [2.05, 4.69) is 5.32 Å². The molecule has 0 aliphatic carbocycles. The Labute approximate surface area is 174 Å². The van der Waals surface area contributed by atoms with Crippen molar-refractivity contribution in [3.8, 4) is 11.4 Å². The molecule has 0 bridgehead atoms. The second-order valence-electron chi connectivity index (χ2n) is 7.15. The van der Waals surface area contributed by atoms with E-state index in [1.165, 1.54) is 25.0 Å². The Kier molecular flexibility index (Phi) is 6.20. The van der Waals surface area contributed by atoms with Crippen molar-refractivity contribution >= 4 is 22.6 Å². The number of nitrogens with one attached hydrogen (secondary N) is 1. The lowest BCUT2D eigenvalue weighted by atomic mass is 10.0. The number of carbonyl (C=O) groups is 2. The Morgan fingerprint density at radius 1 is 0.967 bits per heavy atom. The first-order valence-corrected chi connectivity index (χ1v) is 9.55. The molecule has 0 fully saturated rings. The van der Waals surface area contributed by atoms with Gasteiger partial charge in [-0.05, 0) is 24.1 Å². The highest BCUT2D eigenvalue weighted by Crippen LogP contribution is 2.24. The van der Waals surface area contributed by atoms with E-state index in [4.69, 9.17) is 9.47 Å². The van der Waals surface area contributed by atoms with Crippen molar-refractivity contribution in [3.63, 3.8) is 0 Å².